The van der Waals surface area contributed by atoms with Gasteiger partial charge >= 0.3 is 0 Å². The summed E-state index contributed by atoms with van der Waals surface area (Å²) in [5, 5.41) is 9.44. The average molecular weight is 405 g/mol. The number of rotatable bonds is 6. The van der Waals surface area contributed by atoms with Gasteiger partial charge in [-0.2, -0.15) is 0 Å². The van der Waals surface area contributed by atoms with E-state index in [9.17, 15) is 4.39 Å². The minimum absolute atomic E-state index is 0.318. The van der Waals surface area contributed by atoms with E-state index in [2.05, 4.69) is 10.2 Å². The molecule has 4 aromatic rings. The molecule has 4 rings (SSSR count). The van der Waals surface area contributed by atoms with Crippen LogP contribution in [0.1, 0.15) is 11.1 Å². The van der Waals surface area contributed by atoms with Crippen LogP contribution in [0.15, 0.2) is 78.0 Å². The summed E-state index contributed by atoms with van der Waals surface area (Å²) in [6, 6.07) is 22.5. The molecule has 0 amide bonds. The normalized spacial score (nSPS) is 10.9. The van der Waals surface area contributed by atoms with Crippen molar-refractivity contribution in [3.8, 4) is 22.8 Å². The summed E-state index contributed by atoms with van der Waals surface area (Å²) in [4.78, 5) is 0. The summed E-state index contributed by atoms with van der Waals surface area (Å²) in [6.45, 7) is 2.03. The molecule has 0 saturated heterocycles. The Morgan fingerprint density at radius 1 is 0.931 bits per heavy atom. The fraction of sp³-hybridized carbons (Fsp3) is 0.130. The molecule has 0 aliphatic heterocycles. The predicted octanol–water partition coefficient (Wildman–Crippen LogP) is 5.68. The fourth-order valence-corrected chi connectivity index (χ4v) is 3.98. The fourth-order valence-electron chi connectivity index (χ4n) is 3.08. The topological polar surface area (TPSA) is 39.9 Å². The molecule has 0 bridgehead atoms. The van der Waals surface area contributed by atoms with E-state index in [4.69, 9.17) is 4.74 Å². The highest BCUT2D eigenvalue weighted by Crippen LogP contribution is 2.32. The molecule has 3 aromatic carbocycles. The van der Waals surface area contributed by atoms with Gasteiger partial charge in [0.1, 0.15) is 11.6 Å². The summed E-state index contributed by atoms with van der Waals surface area (Å²) in [5.41, 5.74) is 3.58. The van der Waals surface area contributed by atoms with E-state index in [0.29, 0.717) is 22.3 Å². The monoisotopic (exact) mass is 405 g/mol. The maximum atomic E-state index is 14.5. The lowest BCUT2D eigenvalue weighted by molar-refractivity contribution is 0.414. The van der Waals surface area contributed by atoms with Gasteiger partial charge in [0.05, 0.1) is 18.4 Å². The molecular formula is C23H20FN3OS. The van der Waals surface area contributed by atoms with E-state index in [1.807, 2.05) is 60.0 Å². The van der Waals surface area contributed by atoms with Gasteiger partial charge < -0.3 is 4.74 Å². The van der Waals surface area contributed by atoms with Crippen molar-refractivity contribution in [2.24, 2.45) is 0 Å². The van der Waals surface area contributed by atoms with Crippen molar-refractivity contribution in [3.63, 3.8) is 0 Å². The molecule has 0 atom stereocenters. The smallest absolute Gasteiger partial charge is 0.196 e. The lowest BCUT2D eigenvalue weighted by atomic mass is 10.1. The van der Waals surface area contributed by atoms with Gasteiger partial charge in [-0.15, -0.1) is 10.2 Å². The molecule has 0 unspecified atom stereocenters. The first-order chi connectivity index (χ1) is 14.2. The van der Waals surface area contributed by atoms with Crippen LogP contribution in [-0.2, 0) is 5.75 Å². The highest BCUT2D eigenvalue weighted by atomic mass is 32.2. The lowest BCUT2D eigenvalue weighted by Gasteiger charge is -2.13. The molecule has 0 radical (unpaired) electrons. The largest absolute Gasteiger partial charge is 0.497 e. The van der Waals surface area contributed by atoms with Gasteiger partial charge in [0, 0.05) is 5.75 Å². The number of methoxy groups -OCH3 is 1. The van der Waals surface area contributed by atoms with Crippen molar-refractivity contribution < 1.29 is 9.13 Å². The predicted molar refractivity (Wildman–Crippen MR) is 114 cm³/mol. The van der Waals surface area contributed by atoms with Crippen molar-refractivity contribution >= 4 is 11.8 Å². The molecule has 0 aliphatic rings. The summed E-state index contributed by atoms with van der Waals surface area (Å²) in [7, 11) is 1.65. The zero-order valence-corrected chi connectivity index (χ0v) is 17.0. The Bertz CT molecular complexity index is 1130. The molecular weight excluding hydrogens is 385 g/mol. The standard InChI is InChI=1S/C23H20FN3OS/c1-16-7-3-6-10-21(16)27-22(19-8-4-5-9-20(19)24)25-26-23(27)29-15-17-11-13-18(28-2)14-12-17/h3-14H,15H2,1-2H3. The van der Waals surface area contributed by atoms with Gasteiger partial charge in [-0.3, -0.25) is 4.57 Å². The Kier molecular flexibility index (Phi) is 5.62. The van der Waals surface area contributed by atoms with Crippen LogP contribution in [-0.4, -0.2) is 21.9 Å². The first-order valence-corrected chi connectivity index (χ1v) is 10.2. The molecule has 0 fully saturated rings. The van der Waals surface area contributed by atoms with Gasteiger partial charge in [0.15, 0.2) is 11.0 Å². The Morgan fingerprint density at radius 2 is 1.66 bits per heavy atom. The van der Waals surface area contributed by atoms with Crippen molar-refractivity contribution in [1.82, 2.24) is 14.8 Å². The third kappa shape index (κ3) is 4.03. The third-order valence-electron chi connectivity index (χ3n) is 4.63. The summed E-state index contributed by atoms with van der Waals surface area (Å²) in [5.74, 6) is 1.71. The molecule has 29 heavy (non-hydrogen) atoms. The minimum Gasteiger partial charge on any atom is -0.497 e. The highest BCUT2D eigenvalue weighted by Gasteiger charge is 2.19. The molecule has 0 N–H and O–H groups in total. The van der Waals surface area contributed by atoms with Crippen LogP contribution in [0.4, 0.5) is 4.39 Å². The van der Waals surface area contributed by atoms with E-state index in [1.54, 1.807) is 37.1 Å². The molecule has 0 aliphatic carbocycles. The van der Waals surface area contributed by atoms with Crippen LogP contribution in [0, 0.1) is 12.7 Å². The van der Waals surface area contributed by atoms with Crippen molar-refractivity contribution in [2.75, 3.05) is 7.11 Å². The number of ether oxygens (including phenoxy) is 1. The lowest BCUT2D eigenvalue weighted by Crippen LogP contribution is -2.02. The molecule has 1 aromatic heterocycles. The molecule has 146 valence electrons. The number of hydrogen-bond acceptors (Lipinski definition) is 4. The Morgan fingerprint density at radius 3 is 2.38 bits per heavy atom. The zero-order valence-electron chi connectivity index (χ0n) is 16.2. The van der Waals surface area contributed by atoms with Gasteiger partial charge in [-0.05, 0) is 48.4 Å². The summed E-state index contributed by atoms with van der Waals surface area (Å²) < 4.78 is 21.7. The number of thioether (sulfide) groups is 1. The van der Waals surface area contributed by atoms with Crippen LogP contribution < -0.4 is 4.74 Å². The number of nitrogens with zero attached hydrogens (tertiary/aromatic N) is 3. The number of benzene rings is 3. The molecule has 0 spiro atoms. The number of halogens is 1. The van der Waals surface area contributed by atoms with Crippen LogP contribution in [0.25, 0.3) is 17.1 Å². The first-order valence-electron chi connectivity index (χ1n) is 9.19. The Balaban J connectivity index is 1.74. The maximum Gasteiger partial charge on any atom is 0.196 e. The van der Waals surface area contributed by atoms with Crippen molar-refractivity contribution in [1.29, 1.82) is 0 Å². The van der Waals surface area contributed by atoms with Gasteiger partial charge in [0.2, 0.25) is 0 Å². The summed E-state index contributed by atoms with van der Waals surface area (Å²) in [6.07, 6.45) is 0. The zero-order chi connectivity index (χ0) is 20.2. The Hall–Kier alpha value is -3.12. The maximum absolute atomic E-state index is 14.5. The van der Waals surface area contributed by atoms with E-state index in [0.717, 1.165) is 22.6 Å². The van der Waals surface area contributed by atoms with Crippen LogP contribution >= 0.6 is 11.8 Å². The molecule has 0 saturated carbocycles. The van der Waals surface area contributed by atoms with Crippen LogP contribution in [0.2, 0.25) is 0 Å². The van der Waals surface area contributed by atoms with Crippen LogP contribution in [0.5, 0.6) is 5.75 Å². The van der Waals surface area contributed by atoms with E-state index in [-0.39, 0.29) is 5.82 Å². The quantitative estimate of drug-likeness (QED) is 0.387. The number of aromatic nitrogens is 3. The van der Waals surface area contributed by atoms with E-state index in [1.165, 1.54) is 6.07 Å². The molecule has 6 heteroatoms. The minimum atomic E-state index is -0.318. The summed E-state index contributed by atoms with van der Waals surface area (Å²) >= 11 is 1.56. The highest BCUT2D eigenvalue weighted by molar-refractivity contribution is 7.98. The third-order valence-corrected chi connectivity index (χ3v) is 5.63. The first kappa shape index (κ1) is 19.2. The number of para-hydroxylation sites is 1. The molecule has 1 heterocycles. The van der Waals surface area contributed by atoms with Gasteiger partial charge in [0.25, 0.3) is 0 Å². The Labute approximate surface area is 173 Å². The van der Waals surface area contributed by atoms with Gasteiger partial charge in [-0.25, -0.2) is 4.39 Å². The average Bonchev–Trinajstić information content (AvgIpc) is 3.16. The van der Waals surface area contributed by atoms with Crippen LogP contribution in [0.3, 0.4) is 0 Å². The van der Waals surface area contributed by atoms with Crippen molar-refractivity contribution in [3.05, 3.63) is 89.7 Å². The van der Waals surface area contributed by atoms with E-state index < -0.39 is 0 Å². The number of hydrogen-bond donors (Lipinski definition) is 0. The second-order valence-corrected chi connectivity index (χ2v) is 7.49. The van der Waals surface area contributed by atoms with Gasteiger partial charge in [-0.1, -0.05) is 54.2 Å². The SMILES string of the molecule is COc1ccc(CSc2nnc(-c3ccccc3F)n2-c2ccccc2C)cc1. The van der Waals surface area contributed by atoms with E-state index >= 15 is 0 Å². The molecule has 4 nitrogen and oxygen atoms in total. The second kappa shape index (κ2) is 8.49. The second-order valence-electron chi connectivity index (χ2n) is 6.54. The van der Waals surface area contributed by atoms with Crippen molar-refractivity contribution in [2.45, 2.75) is 17.8 Å². The number of aryl methyl sites for hydroxylation is 1.